The first-order valence-corrected chi connectivity index (χ1v) is 12.4. The average Bonchev–Trinajstić information content (AvgIpc) is 3.11. The van der Waals surface area contributed by atoms with E-state index in [4.69, 9.17) is 0 Å². The summed E-state index contributed by atoms with van der Waals surface area (Å²) in [4.78, 5) is 17.2. The van der Waals surface area contributed by atoms with Gasteiger partial charge in [-0.2, -0.15) is 9.30 Å². The lowest BCUT2D eigenvalue weighted by molar-refractivity contribution is -0.122. The number of amides is 1. The number of thiazole rings is 1. The molecule has 1 fully saturated rings. The second kappa shape index (κ2) is 9.24. The van der Waals surface area contributed by atoms with Crippen LogP contribution in [0.4, 0.5) is 13.2 Å². The number of nitrogens with zero attached hydrogens (tertiary/aromatic N) is 3. The Balaban J connectivity index is 1.55. The van der Waals surface area contributed by atoms with Gasteiger partial charge in [0.15, 0.2) is 10.6 Å². The van der Waals surface area contributed by atoms with Gasteiger partial charge in [0, 0.05) is 31.6 Å². The average molecular weight is 496 g/mol. The number of hydrogen-bond acceptors (Lipinski definition) is 4. The van der Waals surface area contributed by atoms with Gasteiger partial charge in [-0.05, 0) is 43.2 Å². The van der Waals surface area contributed by atoms with E-state index in [0.717, 1.165) is 29.5 Å². The molecule has 4 rings (SSSR count). The number of carbonyl (C=O) groups is 1. The Bertz CT molecular complexity index is 1390. The summed E-state index contributed by atoms with van der Waals surface area (Å²) in [6.45, 7) is 4.05. The number of piperidine rings is 1. The summed E-state index contributed by atoms with van der Waals surface area (Å²) in [5, 5.41) is 0. The third kappa shape index (κ3) is 4.66. The molecule has 1 amide bonds. The van der Waals surface area contributed by atoms with E-state index in [1.165, 1.54) is 33.1 Å². The number of hydrogen-bond donors (Lipinski definition) is 0. The molecular formula is C22H20F3N3O3S2. The monoisotopic (exact) mass is 495 g/mol. The number of aromatic nitrogens is 1. The summed E-state index contributed by atoms with van der Waals surface area (Å²) in [5.74, 6) is -2.96. The van der Waals surface area contributed by atoms with Gasteiger partial charge in [-0.1, -0.05) is 17.4 Å². The SMILES string of the molecule is C=CCn1c(=NC(=O)C2CCN(S(=O)(=O)c3ccc(F)cc3)CC2)sc2cc(F)cc(F)c21. The first kappa shape index (κ1) is 23.4. The van der Waals surface area contributed by atoms with Gasteiger partial charge in [-0.25, -0.2) is 21.6 Å². The molecule has 0 saturated carbocycles. The second-order valence-corrected chi connectivity index (χ2v) is 10.5. The van der Waals surface area contributed by atoms with Crippen LogP contribution in [0.1, 0.15) is 12.8 Å². The van der Waals surface area contributed by atoms with E-state index in [-0.39, 0.29) is 47.7 Å². The Morgan fingerprint density at radius 3 is 2.42 bits per heavy atom. The molecule has 1 aliphatic rings. The molecule has 33 heavy (non-hydrogen) atoms. The zero-order chi connectivity index (χ0) is 23.8. The minimum atomic E-state index is -3.79. The number of carbonyl (C=O) groups excluding carboxylic acids is 1. The zero-order valence-electron chi connectivity index (χ0n) is 17.4. The van der Waals surface area contributed by atoms with Gasteiger partial charge in [0.2, 0.25) is 10.0 Å². The van der Waals surface area contributed by atoms with Gasteiger partial charge < -0.3 is 4.57 Å². The quantitative estimate of drug-likeness (QED) is 0.505. The number of fused-ring (bicyclic) bond motifs is 1. The highest BCUT2D eigenvalue weighted by molar-refractivity contribution is 7.89. The predicted octanol–water partition coefficient (Wildman–Crippen LogP) is 3.83. The Kier molecular flexibility index (Phi) is 6.55. The molecule has 0 N–H and O–H groups in total. The summed E-state index contributed by atoms with van der Waals surface area (Å²) < 4.78 is 69.7. The molecule has 0 spiro atoms. The van der Waals surface area contributed by atoms with E-state index in [1.807, 2.05) is 0 Å². The lowest BCUT2D eigenvalue weighted by Gasteiger charge is -2.29. The van der Waals surface area contributed by atoms with Crippen molar-refractivity contribution in [3.05, 3.63) is 71.3 Å². The summed E-state index contributed by atoms with van der Waals surface area (Å²) >= 11 is 0.998. The van der Waals surface area contributed by atoms with Crippen LogP contribution in [0.15, 0.2) is 58.9 Å². The number of halogens is 3. The number of allylic oxidation sites excluding steroid dienone is 1. The molecule has 1 aliphatic heterocycles. The zero-order valence-corrected chi connectivity index (χ0v) is 19.0. The summed E-state index contributed by atoms with van der Waals surface area (Å²) in [6, 6.07) is 6.54. The van der Waals surface area contributed by atoms with Crippen LogP contribution in [0.3, 0.4) is 0 Å². The molecule has 1 saturated heterocycles. The molecule has 0 aliphatic carbocycles. The van der Waals surface area contributed by atoms with E-state index < -0.39 is 39.3 Å². The third-order valence-corrected chi connectivity index (χ3v) is 8.41. The summed E-state index contributed by atoms with van der Waals surface area (Å²) in [7, 11) is -3.79. The van der Waals surface area contributed by atoms with Crippen LogP contribution in [0.5, 0.6) is 0 Å². The summed E-state index contributed by atoms with van der Waals surface area (Å²) in [6.07, 6.45) is 2.05. The lowest BCUT2D eigenvalue weighted by Crippen LogP contribution is -2.40. The number of benzene rings is 2. The Labute approximate surface area is 192 Å². The van der Waals surface area contributed by atoms with Crippen molar-refractivity contribution < 1.29 is 26.4 Å². The van der Waals surface area contributed by atoms with E-state index in [9.17, 15) is 26.4 Å². The van der Waals surface area contributed by atoms with Crippen LogP contribution in [0.2, 0.25) is 0 Å². The smallest absolute Gasteiger partial charge is 0.251 e. The molecule has 1 aromatic heterocycles. The molecule has 0 radical (unpaired) electrons. The van der Waals surface area contributed by atoms with Gasteiger partial charge in [0.05, 0.1) is 15.1 Å². The highest BCUT2D eigenvalue weighted by Crippen LogP contribution is 2.26. The molecule has 0 atom stereocenters. The fourth-order valence-electron chi connectivity index (χ4n) is 3.80. The van der Waals surface area contributed by atoms with Crippen molar-refractivity contribution in [2.75, 3.05) is 13.1 Å². The third-order valence-electron chi connectivity index (χ3n) is 5.47. The minimum absolute atomic E-state index is 0.0108. The van der Waals surface area contributed by atoms with Crippen LogP contribution in [0, 0.1) is 23.4 Å². The van der Waals surface area contributed by atoms with Crippen molar-refractivity contribution in [3.63, 3.8) is 0 Å². The highest BCUT2D eigenvalue weighted by atomic mass is 32.2. The Hall–Kier alpha value is -2.76. The van der Waals surface area contributed by atoms with E-state index >= 15 is 0 Å². The molecule has 174 valence electrons. The van der Waals surface area contributed by atoms with Crippen molar-refractivity contribution in [1.82, 2.24) is 8.87 Å². The van der Waals surface area contributed by atoms with Crippen molar-refractivity contribution in [2.24, 2.45) is 10.9 Å². The maximum absolute atomic E-state index is 14.4. The van der Waals surface area contributed by atoms with Gasteiger partial charge in [-0.3, -0.25) is 4.79 Å². The maximum atomic E-state index is 14.4. The van der Waals surface area contributed by atoms with Gasteiger partial charge in [0.25, 0.3) is 5.91 Å². The number of sulfonamides is 1. The normalized spacial score (nSPS) is 16.4. The highest BCUT2D eigenvalue weighted by Gasteiger charge is 2.32. The first-order chi connectivity index (χ1) is 15.7. The van der Waals surface area contributed by atoms with Gasteiger partial charge in [-0.15, -0.1) is 6.58 Å². The van der Waals surface area contributed by atoms with Crippen molar-refractivity contribution in [1.29, 1.82) is 0 Å². The van der Waals surface area contributed by atoms with Gasteiger partial charge >= 0.3 is 0 Å². The Morgan fingerprint density at radius 1 is 1.12 bits per heavy atom. The Morgan fingerprint density at radius 2 is 1.79 bits per heavy atom. The molecule has 0 unspecified atom stereocenters. The number of rotatable bonds is 5. The standard InChI is InChI=1S/C22H20F3N3O3S2/c1-2-9-28-20-18(25)12-16(24)13-19(20)32-22(28)26-21(29)14-7-10-27(11-8-14)33(30,31)17-5-3-15(23)4-6-17/h2-6,12-14H,1,7-11H2. The largest absolute Gasteiger partial charge is 0.310 e. The molecular weight excluding hydrogens is 475 g/mol. The van der Waals surface area contributed by atoms with Crippen LogP contribution in [-0.2, 0) is 21.4 Å². The van der Waals surface area contributed by atoms with Crippen LogP contribution in [-0.4, -0.2) is 36.3 Å². The maximum Gasteiger partial charge on any atom is 0.251 e. The first-order valence-electron chi connectivity index (χ1n) is 10.1. The molecule has 0 bridgehead atoms. The summed E-state index contributed by atoms with van der Waals surface area (Å²) in [5.41, 5.74) is 0.146. The van der Waals surface area contributed by atoms with E-state index in [2.05, 4.69) is 11.6 Å². The fourth-order valence-corrected chi connectivity index (χ4v) is 6.35. The minimum Gasteiger partial charge on any atom is -0.310 e. The lowest BCUT2D eigenvalue weighted by atomic mass is 9.98. The van der Waals surface area contributed by atoms with Crippen molar-refractivity contribution in [2.45, 2.75) is 24.3 Å². The second-order valence-electron chi connectivity index (χ2n) is 7.60. The molecule has 6 nitrogen and oxygen atoms in total. The molecule has 2 heterocycles. The van der Waals surface area contributed by atoms with Gasteiger partial charge in [0.1, 0.15) is 11.6 Å². The van der Waals surface area contributed by atoms with E-state index in [1.54, 1.807) is 0 Å². The predicted molar refractivity (Wildman–Crippen MR) is 118 cm³/mol. The van der Waals surface area contributed by atoms with Crippen molar-refractivity contribution in [3.8, 4) is 0 Å². The fraction of sp³-hybridized carbons (Fsp3) is 0.273. The van der Waals surface area contributed by atoms with Crippen molar-refractivity contribution >= 4 is 37.5 Å². The van der Waals surface area contributed by atoms with E-state index in [0.29, 0.717) is 4.70 Å². The molecule has 2 aromatic carbocycles. The van der Waals surface area contributed by atoms with Crippen LogP contribution < -0.4 is 4.80 Å². The molecule has 3 aromatic rings. The van der Waals surface area contributed by atoms with Crippen LogP contribution in [0.25, 0.3) is 10.2 Å². The molecule has 11 heteroatoms. The van der Waals surface area contributed by atoms with Crippen LogP contribution >= 0.6 is 11.3 Å². The topological polar surface area (TPSA) is 71.7 Å².